The van der Waals surface area contributed by atoms with Crippen molar-refractivity contribution in [1.29, 1.82) is 0 Å². The van der Waals surface area contributed by atoms with Gasteiger partial charge in [-0.2, -0.15) is 13.2 Å². The molecule has 1 aromatic heterocycles. The quantitative estimate of drug-likeness (QED) is 0.633. The molecular formula is C22H27F3N2O2. The summed E-state index contributed by atoms with van der Waals surface area (Å²) in [6.45, 7) is 8.13. The minimum Gasteiger partial charge on any atom is -0.490 e. The Morgan fingerprint density at radius 2 is 1.97 bits per heavy atom. The van der Waals surface area contributed by atoms with Crippen molar-refractivity contribution < 1.29 is 22.6 Å². The zero-order valence-corrected chi connectivity index (χ0v) is 17.0. The molecule has 7 heteroatoms. The molecule has 1 saturated heterocycles. The summed E-state index contributed by atoms with van der Waals surface area (Å²) >= 11 is 0. The van der Waals surface area contributed by atoms with Crippen LogP contribution < -0.4 is 14.4 Å². The molecule has 1 aliphatic rings. The average molecular weight is 408 g/mol. The summed E-state index contributed by atoms with van der Waals surface area (Å²) in [6, 6.07) is 8.44. The van der Waals surface area contributed by atoms with Crippen LogP contribution in [-0.2, 0) is 6.18 Å². The van der Waals surface area contributed by atoms with Gasteiger partial charge in [-0.3, -0.25) is 0 Å². The summed E-state index contributed by atoms with van der Waals surface area (Å²) in [6.07, 6.45) is -1.79. The zero-order chi connectivity index (χ0) is 21.0. The smallest absolute Gasteiger partial charge is 0.417 e. The Morgan fingerprint density at radius 3 is 2.59 bits per heavy atom. The van der Waals surface area contributed by atoms with Gasteiger partial charge >= 0.3 is 6.18 Å². The lowest BCUT2D eigenvalue weighted by molar-refractivity contribution is -0.137. The molecule has 1 aromatic carbocycles. The summed E-state index contributed by atoms with van der Waals surface area (Å²) in [5.41, 5.74) is 0.381. The lowest BCUT2D eigenvalue weighted by atomic mass is 9.96. The van der Waals surface area contributed by atoms with E-state index in [0.29, 0.717) is 25.5 Å². The standard InChI is InChI=1S/C22H27F3N2O2/c1-4-11-28-20-12-15(2)5-7-19(20)29-18-9-10-27(14-16(18)3)21-8-6-17(13-26-21)22(23,24)25/h5-8,12-13,16,18H,4,9-11,14H2,1-3H3/t16-,18+/m0/s1. The number of hydrogen-bond donors (Lipinski definition) is 0. The molecule has 2 atom stereocenters. The van der Waals surface area contributed by atoms with E-state index >= 15 is 0 Å². The molecule has 0 radical (unpaired) electrons. The van der Waals surface area contributed by atoms with Crippen LogP contribution in [0.15, 0.2) is 36.5 Å². The lowest BCUT2D eigenvalue weighted by Crippen LogP contribution is -2.44. The number of benzene rings is 1. The Hall–Kier alpha value is -2.44. The van der Waals surface area contributed by atoms with Crippen LogP contribution in [0.4, 0.5) is 19.0 Å². The van der Waals surface area contributed by atoms with Gasteiger partial charge in [0, 0.05) is 31.6 Å². The van der Waals surface area contributed by atoms with E-state index in [9.17, 15) is 13.2 Å². The van der Waals surface area contributed by atoms with E-state index in [1.807, 2.05) is 30.0 Å². The van der Waals surface area contributed by atoms with Crippen LogP contribution >= 0.6 is 0 Å². The van der Waals surface area contributed by atoms with Crippen molar-refractivity contribution in [3.05, 3.63) is 47.7 Å². The molecule has 2 heterocycles. The van der Waals surface area contributed by atoms with Crippen molar-refractivity contribution in [2.24, 2.45) is 5.92 Å². The van der Waals surface area contributed by atoms with Crippen LogP contribution in [0.5, 0.6) is 11.5 Å². The minimum absolute atomic E-state index is 0.00683. The molecule has 3 rings (SSSR count). The first kappa shape index (κ1) is 21.3. The molecule has 0 bridgehead atoms. The van der Waals surface area contributed by atoms with Gasteiger partial charge in [-0.15, -0.1) is 0 Å². The fourth-order valence-electron chi connectivity index (χ4n) is 3.45. The predicted octanol–water partition coefficient (Wildman–Crippen LogP) is 5.49. The maximum absolute atomic E-state index is 12.7. The van der Waals surface area contributed by atoms with Crippen LogP contribution in [0.2, 0.25) is 0 Å². The number of hydrogen-bond acceptors (Lipinski definition) is 4. The fourth-order valence-corrected chi connectivity index (χ4v) is 3.45. The number of aromatic nitrogens is 1. The predicted molar refractivity (Wildman–Crippen MR) is 107 cm³/mol. The summed E-state index contributed by atoms with van der Waals surface area (Å²) in [4.78, 5) is 6.02. The van der Waals surface area contributed by atoms with Gasteiger partial charge in [-0.1, -0.05) is 19.9 Å². The van der Waals surface area contributed by atoms with Gasteiger partial charge in [-0.25, -0.2) is 4.98 Å². The largest absolute Gasteiger partial charge is 0.490 e. The van der Waals surface area contributed by atoms with Crippen molar-refractivity contribution in [2.45, 2.75) is 45.9 Å². The zero-order valence-electron chi connectivity index (χ0n) is 17.0. The van der Waals surface area contributed by atoms with Crippen LogP contribution in [-0.4, -0.2) is 30.8 Å². The molecule has 4 nitrogen and oxygen atoms in total. The SMILES string of the molecule is CCCOc1cc(C)ccc1O[C@@H]1CCN(c2ccc(C(F)(F)F)cn2)C[C@@H]1C. The van der Waals surface area contributed by atoms with Gasteiger partial charge in [-0.05, 0) is 43.2 Å². The van der Waals surface area contributed by atoms with Crippen LogP contribution in [0.25, 0.3) is 0 Å². The molecule has 2 aromatic rings. The van der Waals surface area contributed by atoms with Gasteiger partial charge in [0.05, 0.1) is 12.2 Å². The molecule has 0 saturated carbocycles. The van der Waals surface area contributed by atoms with E-state index in [1.165, 1.54) is 6.07 Å². The normalized spacial score (nSPS) is 19.9. The molecule has 0 spiro atoms. The Kier molecular flexibility index (Phi) is 6.55. The molecule has 0 amide bonds. The number of pyridine rings is 1. The number of nitrogens with zero attached hydrogens (tertiary/aromatic N) is 2. The summed E-state index contributed by atoms with van der Waals surface area (Å²) in [5, 5.41) is 0. The van der Waals surface area contributed by atoms with E-state index in [-0.39, 0.29) is 12.0 Å². The first-order valence-electron chi connectivity index (χ1n) is 9.96. The Morgan fingerprint density at radius 1 is 1.17 bits per heavy atom. The molecule has 0 N–H and O–H groups in total. The Bertz CT molecular complexity index is 809. The van der Waals surface area contributed by atoms with Gasteiger partial charge in [0.25, 0.3) is 0 Å². The van der Waals surface area contributed by atoms with E-state index in [1.54, 1.807) is 0 Å². The van der Waals surface area contributed by atoms with E-state index < -0.39 is 11.7 Å². The third-order valence-electron chi connectivity index (χ3n) is 5.07. The molecule has 0 aliphatic carbocycles. The van der Waals surface area contributed by atoms with Crippen LogP contribution in [0, 0.1) is 12.8 Å². The molecule has 158 valence electrons. The molecule has 0 unspecified atom stereocenters. The highest BCUT2D eigenvalue weighted by Crippen LogP contribution is 2.34. The van der Waals surface area contributed by atoms with Crippen molar-refractivity contribution in [1.82, 2.24) is 4.98 Å². The maximum atomic E-state index is 12.7. The second-order valence-corrected chi connectivity index (χ2v) is 7.57. The van der Waals surface area contributed by atoms with Crippen LogP contribution in [0.3, 0.4) is 0 Å². The monoisotopic (exact) mass is 408 g/mol. The Labute approximate surface area is 169 Å². The van der Waals surface area contributed by atoms with Crippen molar-refractivity contribution in [3.63, 3.8) is 0 Å². The second kappa shape index (κ2) is 8.93. The molecule has 1 fully saturated rings. The minimum atomic E-state index is -4.37. The van der Waals surface area contributed by atoms with Crippen molar-refractivity contribution in [2.75, 3.05) is 24.6 Å². The summed E-state index contributed by atoms with van der Waals surface area (Å²) in [7, 11) is 0. The third kappa shape index (κ3) is 5.34. The van der Waals surface area contributed by atoms with Gasteiger partial charge in [0.1, 0.15) is 11.9 Å². The first-order valence-corrected chi connectivity index (χ1v) is 9.96. The van der Waals surface area contributed by atoms with Gasteiger partial charge in [0.15, 0.2) is 11.5 Å². The summed E-state index contributed by atoms with van der Waals surface area (Å²) < 4.78 is 50.3. The number of rotatable bonds is 6. The fraction of sp³-hybridized carbons (Fsp3) is 0.500. The highest BCUT2D eigenvalue weighted by atomic mass is 19.4. The van der Waals surface area contributed by atoms with E-state index in [4.69, 9.17) is 9.47 Å². The number of piperidine rings is 1. The highest BCUT2D eigenvalue weighted by Gasteiger charge is 2.32. The van der Waals surface area contributed by atoms with E-state index in [0.717, 1.165) is 42.2 Å². The number of halogens is 3. The average Bonchev–Trinajstić information content (AvgIpc) is 2.69. The summed E-state index contributed by atoms with van der Waals surface area (Å²) in [5.74, 6) is 2.24. The van der Waals surface area contributed by atoms with Gasteiger partial charge < -0.3 is 14.4 Å². The lowest BCUT2D eigenvalue weighted by Gasteiger charge is -2.37. The third-order valence-corrected chi connectivity index (χ3v) is 5.07. The number of anilines is 1. The molecule has 1 aliphatic heterocycles. The number of aryl methyl sites for hydroxylation is 1. The van der Waals surface area contributed by atoms with Crippen molar-refractivity contribution in [3.8, 4) is 11.5 Å². The van der Waals surface area contributed by atoms with Crippen LogP contribution in [0.1, 0.15) is 37.8 Å². The number of ether oxygens (including phenoxy) is 2. The van der Waals surface area contributed by atoms with E-state index in [2.05, 4.69) is 18.8 Å². The second-order valence-electron chi connectivity index (χ2n) is 7.57. The maximum Gasteiger partial charge on any atom is 0.417 e. The first-order chi connectivity index (χ1) is 13.8. The topological polar surface area (TPSA) is 34.6 Å². The Balaban J connectivity index is 1.65. The molecular weight excluding hydrogens is 381 g/mol. The van der Waals surface area contributed by atoms with Gasteiger partial charge in [0.2, 0.25) is 0 Å². The number of alkyl halides is 3. The van der Waals surface area contributed by atoms with Crippen molar-refractivity contribution >= 4 is 5.82 Å². The highest BCUT2D eigenvalue weighted by molar-refractivity contribution is 5.43. The molecule has 29 heavy (non-hydrogen) atoms.